The van der Waals surface area contributed by atoms with E-state index in [1.807, 2.05) is 13.0 Å². The van der Waals surface area contributed by atoms with Crippen LogP contribution in [0.1, 0.15) is 32.2 Å². The molecule has 1 aromatic rings. The second kappa shape index (κ2) is 6.61. The molecule has 0 bridgehead atoms. The Balaban J connectivity index is 2.28. The molecule has 1 atom stereocenters. The number of hydrogen-bond donors (Lipinski definition) is 2. The van der Waals surface area contributed by atoms with Gasteiger partial charge in [-0.1, -0.05) is 19.9 Å². The van der Waals surface area contributed by atoms with E-state index in [0.717, 1.165) is 24.5 Å². The zero-order valence-corrected chi connectivity index (χ0v) is 10.7. The standard InChI is InChI=1S/C13H23N3/c1-10(2)14-8-12(4)15-9-13-7-5-6-11(3)16-13/h5-7,10,12,14-15H,8-9H2,1-4H3. The lowest BCUT2D eigenvalue weighted by atomic mass is 10.2. The lowest BCUT2D eigenvalue weighted by Gasteiger charge is -2.16. The molecule has 0 aliphatic carbocycles. The first-order valence-corrected chi connectivity index (χ1v) is 5.97. The predicted molar refractivity (Wildman–Crippen MR) is 68.4 cm³/mol. The molecule has 0 aliphatic rings. The van der Waals surface area contributed by atoms with Gasteiger partial charge in [-0.3, -0.25) is 4.98 Å². The monoisotopic (exact) mass is 221 g/mol. The molecular formula is C13H23N3. The Kier molecular flexibility index (Phi) is 5.43. The summed E-state index contributed by atoms with van der Waals surface area (Å²) in [4.78, 5) is 4.46. The van der Waals surface area contributed by atoms with E-state index in [2.05, 4.69) is 48.5 Å². The zero-order valence-electron chi connectivity index (χ0n) is 10.7. The van der Waals surface area contributed by atoms with Gasteiger partial charge < -0.3 is 10.6 Å². The van der Waals surface area contributed by atoms with Crippen molar-refractivity contribution in [3.8, 4) is 0 Å². The van der Waals surface area contributed by atoms with Gasteiger partial charge in [-0.15, -0.1) is 0 Å². The first-order valence-electron chi connectivity index (χ1n) is 5.97. The first-order chi connectivity index (χ1) is 7.58. The van der Waals surface area contributed by atoms with Crippen LogP contribution in [0.25, 0.3) is 0 Å². The molecule has 0 fully saturated rings. The van der Waals surface area contributed by atoms with Gasteiger partial charge in [0.2, 0.25) is 0 Å². The number of aryl methyl sites for hydroxylation is 1. The van der Waals surface area contributed by atoms with Crippen molar-refractivity contribution in [1.29, 1.82) is 0 Å². The molecule has 1 aromatic heterocycles. The average molecular weight is 221 g/mol. The number of rotatable bonds is 6. The van der Waals surface area contributed by atoms with E-state index in [1.165, 1.54) is 0 Å². The smallest absolute Gasteiger partial charge is 0.0544 e. The van der Waals surface area contributed by atoms with Crippen molar-refractivity contribution >= 4 is 0 Å². The molecule has 1 rings (SSSR count). The highest BCUT2D eigenvalue weighted by Crippen LogP contribution is 1.98. The van der Waals surface area contributed by atoms with Crippen molar-refractivity contribution in [2.24, 2.45) is 0 Å². The summed E-state index contributed by atoms with van der Waals surface area (Å²) in [5, 5.41) is 6.87. The summed E-state index contributed by atoms with van der Waals surface area (Å²) >= 11 is 0. The summed E-state index contributed by atoms with van der Waals surface area (Å²) in [5.74, 6) is 0. The van der Waals surface area contributed by atoms with Crippen molar-refractivity contribution in [1.82, 2.24) is 15.6 Å². The second-order valence-corrected chi connectivity index (χ2v) is 4.62. The third-order valence-electron chi connectivity index (χ3n) is 2.41. The van der Waals surface area contributed by atoms with E-state index in [4.69, 9.17) is 0 Å². The van der Waals surface area contributed by atoms with Crippen LogP contribution in [0.4, 0.5) is 0 Å². The number of aromatic nitrogens is 1. The fourth-order valence-electron chi connectivity index (χ4n) is 1.46. The van der Waals surface area contributed by atoms with Crippen molar-refractivity contribution in [2.75, 3.05) is 6.54 Å². The maximum Gasteiger partial charge on any atom is 0.0544 e. The number of nitrogens with one attached hydrogen (secondary N) is 2. The van der Waals surface area contributed by atoms with E-state index in [-0.39, 0.29) is 0 Å². The van der Waals surface area contributed by atoms with Crippen LogP contribution in [-0.2, 0) is 6.54 Å². The van der Waals surface area contributed by atoms with Gasteiger partial charge in [-0.05, 0) is 26.0 Å². The Hall–Kier alpha value is -0.930. The van der Waals surface area contributed by atoms with Gasteiger partial charge in [0.1, 0.15) is 0 Å². The van der Waals surface area contributed by atoms with Crippen LogP contribution in [0.2, 0.25) is 0 Å². The summed E-state index contributed by atoms with van der Waals surface area (Å²) in [6, 6.07) is 7.14. The van der Waals surface area contributed by atoms with Crippen LogP contribution >= 0.6 is 0 Å². The molecule has 0 aromatic carbocycles. The molecule has 1 unspecified atom stereocenters. The van der Waals surface area contributed by atoms with Crippen LogP contribution in [0.15, 0.2) is 18.2 Å². The predicted octanol–water partition coefficient (Wildman–Crippen LogP) is 1.87. The van der Waals surface area contributed by atoms with Crippen LogP contribution < -0.4 is 10.6 Å². The van der Waals surface area contributed by atoms with Crippen molar-refractivity contribution in [3.05, 3.63) is 29.6 Å². The number of pyridine rings is 1. The van der Waals surface area contributed by atoms with E-state index >= 15 is 0 Å². The normalized spacial score (nSPS) is 13.1. The van der Waals surface area contributed by atoms with Gasteiger partial charge in [0.15, 0.2) is 0 Å². The zero-order chi connectivity index (χ0) is 12.0. The van der Waals surface area contributed by atoms with Crippen molar-refractivity contribution < 1.29 is 0 Å². The number of nitrogens with zero attached hydrogens (tertiary/aromatic N) is 1. The highest BCUT2D eigenvalue weighted by Gasteiger charge is 2.02. The van der Waals surface area contributed by atoms with Crippen molar-refractivity contribution in [2.45, 2.75) is 46.3 Å². The Morgan fingerprint density at radius 1 is 1.19 bits per heavy atom. The Labute approximate surface area is 98.7 Å². The summed E-state index contributed by atoms with van der Waals surface area (Å²) in [5.41, 5.74) is 2.18. The van der Waals surface area contributed by atoms with Crippen LogP contribution in [0.5, 0.6) is 0 Å². The summed E-state index contributed by atoms with van der Waals surface area (Å²) in [6.07, 6.45) is 0. The minimum atomic E-state index is 0.463. The van der Waals surface area contributed by atoms with Crippen LogP contribution in [-0.4, -0.2) is 23.6 Å². The Bertz CT molecular complexity index is 310. The molecule has 0 spiro atoms. The van der Waals surface area contributed by atoms with E-state index in [0.29, 0.717) is 12.1 Å². The molecule has 0 saturated carbocycles. The summed E-state index contributed by atoms with van der Waals surface area (Å²) in [7, 11) is 0. The third kappa shape index (κ3) is 5.24. The summed E-state index contributed by atoms with van der Waals surface area (Å²) in [6.45, 7) is 10.4. The van der Waals surface area contributed by atoms with Crippen LogP contribution in [0, 0.1) is 6.92 Å². The molecule has 0 amide bonds. The molecule has 1 heterocycles. The lowest BCUT2D eigenvalue weighted by Crippen LogP contribution is -2.38. The van der Waals surface area contributed by atoms with E-state index in [1.54, 1.807) is 0 Å². The molecular weight excluding hydrogens is 198 g/mol. The van der Waals surface area contributed by atoms with Gasteiger partial charge in [-0.25, -0.2) is 0 Å². The van der Waals surface area contributed by atoms with Gasteiger partial charge >= 0.3 is 0 Å². The topological polar surface area (TPSA) is 37.0 Å². The second-order valence-electron chi connectivity index (χ2n) is 4.62. The molecule has 3 heteroatoms. The molecule has 90 valence electrons. The fraction of sp³-hybridized carbons (Fsp3) is 0.615. The van der Waals surface area contributed by atoms with Gasteiger partial charge in [0, 0.05) is 30.9 Å². The third-order valence-corrected chi connectivity index (χ3v) is 2.41. The molecule has 3 nitrogen and oxygen atoms in total. The fourth-order valence-corrected chi connectivity index (χ4v) is 1.46. The van der Waals surface area contributed by atoms with E-state index in [9.17, 15) is 0 Å². The maximum atomic E-state index is 4.46. The first kappa shape index (κ1) is 13.1. The molecule has 0 saturated heterocycles. The summed E-state index contributed by atoms with van der Waals surface area (Å²) < 4.78 is 0. The lowest BCUT2D eigenvalue weighted by molar-refractivity contribution is 0.471. The molecule has 0 aliphatic heterocycles. The van der Waals surface area contributed by atoms with Gasteiger partial charge in [0.25, 0.3) is 0 Å². The largest absolute Gasteiger partial charge is 0.313 e. The Morgan fingerprint density at radius 2 is 1.94 bits per heavy atom. The minimum Gasteiger partial charge on any atom is -0.313 e. The molecule has 2 N–H and O–H groups in total. The SMILES string of the molecule is Cc1cccc(CNC(C)CNC(C)C)n1. The number of hydrogen-bond acceptors (Lipinski definition) is 3. The van der Waals surface area contributed by atoms with E-state index < -0.39 is 0 Å². The van der Waals surface area contributed by atoms with Crippen molar-refractivity contribution in [3.63, 3.8) is 0 Å². The van der Waals surface area contributed by atoms with Crippen LogP contribution in [0.3, 0.4) is 0 Å². The minimum absolute atomic E-state index is 0.463. The Morgan fingerprint density at radius 3 is 2.56 bits per heavy atom. The molecule has 0 radical (unpaired) electrons. The average Bonchev–Trinajstić information content (AvgIpc) is 2.23. The van der Waals surface area contributed by atoms with Gasteiger partial charge in [-0.2, -0.15) is 0 Å². The van der Waals surface area contributed by atoms with Gasteiger partial charge in [0.05, 0.1) is 5.69 Å². The maximum absolute atomic E-state index is 4.46. The molecule has 16 heavy (non-hydrogen) atoms. The highest BCUT2D eigenvalue weighted by molar-refractivity contribution is 5.09. The highest BCUT2D eigenvalue weighted by atomic mass is 15.0. The quantitative estimate of drug-likeness (QED) is 0.770.